The van der Waals surface area contributed by atoms with Crippen LogP contribution in [0.2, 0.25) is 0 Å². The number of rotatable bonds is 3. The van der Waals surface area contributed by atoms with Crippen molar-refractivity contribution in [1.29, 1.82) is 0 Å². The molecule has 2 rings (SSSR count). The Morgan fingerprint density at radius 3 is 2.86 bits per heavy atom. The van der Waals surface area contributed by atoms with E-state index in [0.29, 0.717) is 30.3 Å². The third-order valence-corrected chi connectivity index (χ3v) is 4.73. The summed E-state index contributed by atoms with van der Waals surface area (Å²) < 4.78 is 0. The van der Waals surface area contributed by atoms with Crippen LogP contribution in [0.4, 0.5) is 0 Å². The first-order valence-corrected chi connectivity index (χ1v) is 8.16. The maximum atomic E-state index is 12.5. The minimum atomic E-state index is -0.302. The van der Waals surface area contributed by atoms with Gasteiger partial charge in [-0.1, -0.05) is 11.8 Å². The van der Waals surface area contributed by atoms with Crippen LogP contribution in [0.1, 0.15) is 41.4 Å². The molecule has 1 aromatic heterocycles. The number of aliphatic hydroxyl groups excluding tert-OH is 2. The molecule has 5 heteroatoms. The van der Waals surface area contributed by atoms with Crippen molar-refractivity contribution in [2.24, 2.45) is 5.92 Å². The third-order valence-electron chi connectivity index (χ3n) is 3.83. The summed E-state index contributed by atoms with van der Waals surface area (Å²) in [6.07, 6.45) is 1.81. The average molecular weight is 307 g/mol. The van der Waals surface area contributed by atoms with Gasteiger partial charge in [-0.2, -0.15) is 0 Å². The zero-order chi connectivity index (χ0) is 15.2. The molecule has 0 aliphatic carbocycles. The number of carbonyl (C=O) groups excluding carboxylic acids is 1. The minimum Gasteiger partial charge on any atom is -0.395 e. The standard InChI is InChI=1S/C16H21NO3S/c1-12(19)13-5-8-17(9-6-13)16(20)15-14(7-11-21-15)4-2-3-10-18/h7,11-13,18-19H,3,5-6,8-10H2,1H3. The van der Waals surface area contributed by atoms with Crippen LogP contribution in [0.15, 0.2) is 11.4 Å². The monoisotopic (exact) mass is 307 g/mol. The number of piperidine rings is 1. The fourth-order valence-corrected chi connectivity index (χ4v) is 3.33. The number of amides is 1. The fourth-order valence-electron chi connectivity index (χ4n) is 2.52. The highest BCUT2D eigenvalue weighted by atomic mass is 32.1. The number of hydrogen-bond donors (Lipinski definition) is 2. The van der Waals surface area contributed by atoms with Gasteiger partial charge in [-0.05, 0) is 37.1 Å². The number of hydrogen-bond acceptors (Lipinski definition) is 4. The SMILES string of the molecule is CC(O)C1CCN(C(=O)c2sccc2C#CCCO)CC1. The second-order valence-corrected chi connectivity index (χ2v) is 6.23. The lowest BCUT2D eigenvalue weighted by Gasteiger charge is -2.33. The van der Waals surface area contributed by atoms with E-state index in [1.165, 1.54) is 11.3 Å². The van der Waals surface area contributed by atoms with Gasteiger partial charge in [0.1, 0.15) is 4.88 Å². The number of aliphatic hydroxyl groups is 2. The van der Waals surface area contributed by atoms with Gasteiger partial charge in [0.15, 0.2) is 0 Å². The first-order valence-electron chi connectivity index (χ1n) is 7.28. The summed E-state index contributed by atoms with van der Waals surface area (Å²) in [6, 6.07) is 1.85. The van der Waals surface area contributed by atoms with Gasteiger partial charge in [0.25, 0.3) is 5.91 Å². The van der Waals surface area contributed by atoms with Crippen molar-refractivity contribution in [2.45, 2.75) is 32.3 Å². The molecule has 2 N–H and O–H groups in total. The molecule has 21 heavy (non-hydrogen) atoms. The predicted octanol–water partition coefficient (Wildman–Crippen LogP) is 1.72. The molecule has 0 saturated carbocycles. The molecule has 0 radical (unpaired) electrons. The van der Waals surface area contributed by atoms with Gasteiger partial charge >= 0.3 is 0 Å². The number of carbonyl (C=O) groups is 1. The Morgan fingerprint density at radius 1 is 1.52 bits per heavy atom. The van der Waals surface area contributed by atoms with Crippen molar-refractivity contribution in [3.8, 4) is 11.8 Å². The van der Waals surface area contributed by atoms with E-state index in [1.54, 1.807) is 0 Å². The quantitative estimate of drug-likeness (QED) is 0.836. The van der Waals surface area contributed by atoms with Crippen LogP contribution < -0.4 is 0 Å². The van der Waals surface area contributed by atoms with Crippen LogP contribution >= 0.6 is 11.3 Å². The van der Waals surface area contributed by atoms with Crippen LogP contribution in [0.3, 0.4) is 0 Å². The molecule has 1 atom stereocenters. The van der Waals surface area contributed by atoms with E-state index >= 15 is 0 Å². The van der Waals surface area contributed by atoms with E-state index in [2.05, 4.69) is 11.8 Å². The second-order valence-electron chi connectivity index (χ2n) is 5.31. The molecule has 1 aliphatic heterocycles. The highest BCUT2D eigenvalue weighted by Gasteiger charge is 2.27. The lowest BCUT2D eigenvalue weighted by molar-refractivity contribution is 0.0525. The fraction of sp³-hybridized carbons (Fsp3) is 0.562. The lowest BCUT2D eigenvalue weighted by Crippen LogP contribution is -2.40. The third kappa shape index (κ3) is 4.07. The van der Waals surface area contributed by atoms with Crippen LogP contribution in [-0.4, -0.2) is 46.8 Å². The summed E-state index contributed by atoms with van der Waals surface area (Å²) in [5.74, 6) is 6.14. The topological polar surface area (TPSA) is 60.8 Å². The normalized spacial score (nSPS) is 17.2. The molecule has 114 valence electrons. The zero-order valence-corrected chi connectivity index (χ0v) is 13.0. The van der Waals surface area contributed by atoms with E-state index in [0.717, 1.165) is 18.4 Å². The Labute approximate surface area is 129 Å². The molecule has 0 bridgehead atoms. The number of nitrogens with zero attached hydrogens (tertiary/aromatic N) is 1. The number of likely N-dealkylation sites (tertiary alicyclic amines) is 1. The molecule has 2 heterocycles. The smallest absolute Gasteiger partial charge is 0.265 e. The van der Waals surface area contributed by atoms with Crippen molar-refractivity contribution in [3.63, 3.8) is 0 Å². The molecule has 1 aromatic rings. The molecule has 1 amide bonds. The Morgan fingerprint density at radius 2 is 2.24 bits per heavy atom. The van der Waals surface area contributed by atoms with E-state index in [4.69, 9.17) is 5.11 Å². The maximum absolute atomic E-state index is 12.5. The van der Waals surface area contributed by atoms with E-state index in [1.807, 2.05) is 23.3 Å². The van der Waals surface area contributed by atoms with Gasteiger partial charge in [0, 0.05) is 25.1 Å². The summed E-state index contributed by atoms with van der Waals surface area (Å²) in [5.41, 5.74) is 0.746. The van der Waals surface area contributed by atoms with Crippen molar-refractivity contribution in [3.05, 3.63) is 21.9 Å². The van der Waals surface area contributed by atoms with Crippen LogP contribution in [0.25, 0.3) is 0 Å². The molecular weight excluding hydrogens is 286 g/mol. The van der Waals surface area contributed by atoms with E-state index in [9.17, 15) is 9.90 Å². The Balaban J connectivity index is 2.02. The summed E-state index contributed by atoms with van der Waals surface area (Å²) in [5, 5.41) is 20.2. The van der Waals surface area contributed by atoms with Gasteiger partial charge in [0.05, 0.1) is 12.7 Å². The highest BCUT2D eigenvalue weighted by molar-refractivity contribution is 7.12. The van der Waals surface area contributed by atoms with Gasteiger partial charge in [0.2, 0.25) is 0 Å². The molecular formula is C16H21NO3S. The molecule has 1 fully saturated rings. The van der Waals surface area contributed by atoms with Crippen LogP contribution in [-0.2, 0) is 0 Å². The summed E-state index contributed by atoms with van der Waals surface area (Å²) in [6.45, 7) is 3.23. The van der Waals surface area contributed by atoms with Gasteiger partial charge in [-0.15, -0.1) is 11.3 Å². The minimum absolute atomic E-state index is 0.0299. The molecule has 0 aromatic carbocycles. The van der Waals surface area contributed by atoms with Crippen molar-refractivity contribution in [1.82, 2.24) is 4.90 Å². The van der Waals surface area contributed by atoms with E-state index < -0.39 is 0 Å². The molecule has 1 unspecified atom stereocenters. The first-order chi connectivity index (χ1) is 10.1. The lowest BCUT2D eigenvalue weighted by atomic mass is 9.92. The van der Waals surface area contributed by atoms with Gasteiger partial charge in [-0.3, -0.25) is 4.79 Å². The van der Waals surface area contributed by atoms with Gasteiger partial charge in [-0.25, -0.2) is 0 Å². The van der Waals surface area contributed by atoms with Crippen LogP contribution in [0, 0.1) is 17.8 Å². The average Bonchev–Trinajstić information content (AvgIpc) is 2.95. The second kappa shape index (κ2) is 7.60. The Hall–Kier alpha value is -1.35. The van der Waals surface area contributed by atoms with E-state index in [-0.39, 0.29) is 18.6 Å². The first kappa shape index (κ1) is 16.0. The highest BCUT2D eigenvalue weighted by Crippen LogP contribution is 2.24. The summed E-state index contributed by atoms with van der Waals surface area (Å²) in [4.78, 5) is 15.1. The zero-order valence-electron chi connectivity index (χ0n) is 12.2. The summed E-state index contributed by atoms with van der Waals surface area (Å²) in [7, 11) is 0. The number of thiophene rings is 1. The van der Waals surface area contributed by atoms with Crippen molar-refractivity contribution < 1.29 is 15.0 Å². The molecule has 1 aliphatic rings. The predicted molar refractivity (Wildman–Crippen MR) is 83.2 cm³/mol. The van der Waals surface area contributed by atoms with Crippen LogP contribution in [0.5, 0.6) is 0 Å². The Bertz CT molecular complexity index is 533. The largest absolute Gasteiger partial charge is 0.395 e. The Kier molecular flexibility index (Phi) is 5.80. The summed E-state index contributed by atoms with van der Waals surface area (Å²) >= 11 is 1.41. The maximum Gasteiger partial charge on any atom is 0.265 e. The molecule has 0 spiro atoms. The molecule has 1 saturated heterocycles. The van der Waals surface area contributed by atoms with Gasteiger partial charge < -0.3 is 15.1 Å². The molecule has 4 nitrogen and oxygen atoms in total. The van der Waals surface area contributed by atoms with Crippen molar-refractivity contribution >= 4 is 17.2 Å². The van der Waals surface area contributed by atoms with Crippen molar-refractivity contribution in [2.75, 3.05) is 19.7 Å².